The lowest BCUT2D eigenvalue weighted by Crippen LogP contribution is -2.43. The lowest BCUT2D eigenvalue weighted by Gasteiger charge is -2.35. The number of ether oxygens (including phenoxy) is 1. The van der Waals surface area contributed by atoms with Gasteiger partial charge < -0.3 is 14.5 Å². The van der Waals surface area contributed by atoms with Gasteiger partial charge in [0, 0.05) is 44.7 Å². The fourth-order valence-electron chi connectivity index (χ4n) is 3.78. The molecule has 1 aliphatic heterocycles. The Hall–Kier alpha value is -2.61. The molecule has 0 atom stereocenters. The molecule has 0 saturated carbocycles. The summed E-state index contributed by atoms with van der Waals surface area (Å²) in [5, 5.41) is 0. The average Bonchev–Trinajstić information content (AvgIpc) is 2.72. The van der Waals surface area contributed by atoms with Crippen LogP contribution in [-0.4, -0.2) is 62.9 Å². The molecule has 2 aromatic rings. The number of piperidine rings is 1. The Morgan fingerprint density at radius 1 is 1.09 bits per heavy atom. The van der Waals surface area contributed by atoms with Crippen LogP contribution in [0.5, 0.6) is 0 Å². The molecular formula is C24H33N3O4S. The van der Waals surface area contributed by atoms with Crippen molar-refractivity contribution in [3.63, 3.8) is 0 Å². The summed E-state index contributed by atoms with van der Waals surface area (Å²) in [7, 11) is -1.17. The van der Waals surface area contributed by atoms with E-state index >= 15 is 0 Å². The minimum Gasteiger partial charge on any atom is -0.444 e. The summed E-state index contributed by atoms with van der Waals surface area (Å²) < 4.78 is 28.7. The number of aromatic nitrogens is 1. The van der Waals surface area contributed by atoms with Crippen LogP contribution in [0, 0.1) is 5.92 Å². The van der Waals surface area contributed by atoms with Crippen LogP contribution in [-0.2, 0) is 14.6 Å². The van der Waals surface area contributed by atoms with E-state index < -0.39 is 15.4 Å². The molecule has 0 bridgehead atoms. The van der Waals surface area contributed by atoms with E-state index in [1.54, 1.807) is 29.2 Å². The van der Waals surface area contributed by atoms with Gasteiger partial charge >= 0.3 is 6.09 Å². The predicted molar refractivity (Wildman–Crippen MR) is 127 cm³/mol. The van der Waals surface area contributed by atoms with E-state index in [1.807, 2.05) is 46.1 Å². The fraction of sp³-hybridized carbons (Fsp3) is 0.500. The maximum absolute atomic E-state index is 12.2. The lowest BCUT2D eigenvalue weighted by molar-refractivity contribution is 0.0186. The highest BCUT2D eigenvalue weighted by Gasteiger charge is 2.27. The van der Waals surface area contributed by atoms with Crippen LogP contribution in [0.1, 0.15) is 33.6 Å². The number of amides is 1. The first-order chi connectivity index (χ1) is 14.9. The Kier molecular flexibility index (Phi) is 7.12. The highest BCUT2D eigenvalue weighted by molar-refractivity contribution is 7.90. The second-order valence-corrected chi connectivity index (χ2v) is 11.5. The van der Waals surface area contributed by atoms with Gasteiger partial charge in [-0.25, -0.2) is 18.2 Å². The molecule has 0 spiro atoms. The van der Waals surface area contributed by atoms with Crippen molar-refractivity contribution < 1.29 is 17.9 Å². The van der Waals surface area contributed by atoms with Gasteiger partial charge in [0.1, 0.15) is 11.4 Å². The van der Waals surface area contributed by atoms with E-state index in [4.69, 9.17) is 4.74 Å². The molecule has 1 aliphatic rings. The number of rotatable bonds is 5. The maximum atomic E-state index is 12.2. The zero-order chi connectivity index (χ0) is 23.5. The molecule has 174 valence electrons. The zero-order valence-corrected chi connectivity index (χ0v) is 20.4. The SMILES string of the molecule is CN(CC1CCN(C(=O)OC(C)(C)C)CC1)c1ccc(-c2ccc(S(C)(=O)=O)cc2)cn1. The van der Waals surface area contributed by atoms with Crippen molar-refractivity contribution in [3.8, 4) is 11.1 Å². The minimum atomic E-state index is -3.20. The average molecular weight is 460 g/mol. The molecule has 0 aliphatic carbocycles. The number of nitrogens with zero attached hydrogens (tertiary/aromatic N) is 3. The molecule has 1 amide bonds. The number of carbonyl (C=O) groups is 1. The van der Waals surface area contributed by atoms with Crippen molar-refractivity contribution in [2.24, 2.45) is 5.92 Å². The summed E-state index contributed by atoms with van der Waals surface area (Å²) in [5.41, 5.74) is 1.39. The first kappa shape index (κ1) is 24.0. The van der Waals surface area contributed by atoms with Gasteiger partial charge in [0.05, 0.1) is 4.90 Å². The molecule has 7 nitrogen and oxygen atoms in total. The van der Waals surface area contributed by atoms with E-state index in [0.717, 1.165) is 36.3 Å². The minimum absolute atomic E-state index is 0.230. The third-order valence-corrected chi connectivity index (χ3v) is 6.68. The molecule has 0 radical (unpaired) electrons. The van der Waals surface area contributed by atoms with Gasteiger partial charge in [0.25, 0.3) is 0 Å². The molecule has 1 aromatic heterocycles. The Bertz CT molecular complexity index is 1020. The van der Waals surface area contributed by atoms with E-state index in [2.05, 4.69) is 9.88 Å². The Morgan fingerprint density at radius 2 is 1.69 bits per heavy atom. The molecule has 1 saturated heterocycles. The first-order valence-electron chi connectivity index (χ1n) is 10.9. The summed E-state index contributed by atoms with van der Waals surface area (Å²) in [6.45, 7) is 7.95. The van der Waals surface area contributed by atoms with Crippen LogP contribution < -0.4 is 4.90 Å². The van der Waals surface area contributed by atoms with Crippen molar-refractivity contribution in [1.29, 1.82) is 0 Å². The molecular weight excluding hydrogens is 426 g/mol. The molecule has 2 heterocycles. The normalized spacial score (nSPS) is 15.5. The third-order valence-electron chi connectivity index (χ3n) is 5.55. The fourth-order valence-corrected chi connectivity index (χ4v) is 4.41. The quantitative estimate of drug-likeness (QED) is 0.666. The Balaban J connectivity index is 1.54. The molecule has 8 heteroatoms. The highest BCUT2D eigenvalue weighted by atomic mass is 32.2. The molecule has 1 fully saturated rings. The number of hydrogen-bond donors (Lipinski definition) is 0. The second-order valence-electron chi connectivity index (χ2n) is 9.49. The van der Waals surface area contributed by atoms with Crippen molar-refractivity contribution >= 4 is 21.7 Å². The summed E-state index contributed by atoms with van der Waals surface area (Å²) >= 11 is 0. The van der Waals surface area contributed by atoms with Crippen LogP contribution in [0.4, 0.5) is 10.6 Å². The Labute approximate surface area is 191 Å². The standard InChI is InChI=1S/C24H33N3O4S/c1-24(2,3)31-23(28)27-14-12-18(13-15-27)17-26(4)22-11-8-20(16-25-22)19-6-9-21(10-7-19)32(5,29)30/h6-11,16,18H,12-15,17H2,1-5H3. The second kappa shape index (κ2) is 9.48. The van der Waals surface area contributed by atoms with Gasteiger partial charge in [-0.3, -0.25) is 0 Å². The van der Waals surface area contributed by atoms with E-state index in [-0.39, 0.29) is 6.09 Å². The van der Waals surface area contributed by atoms with Crippen LogP contribution in [0.3, 0.4) is 0 Å². The van der Waals surface area contributed by atoms with Gasteiger partial charge in [0.2, 0.25) is 0 Å². The van der Waals surface area contributed by atoms with Crippen molar-refractivity contribution in [3.05, 3.63) is 42.6 Å². The zero-order valence-electron chi connectivity index (χ0n) is 19.5. The number of carbonyl (C=O) groups excluding carboxylic acids is 1. The maximum Gasteiger partial charge on any atom is 0.410 e. The summed E-state index contributed by atoms with van der Waals surface area (Å²) in [5.74, 6) is 1.37. The van der Waals surface area contributed by atoms with Gasteiger partial charge in [-0.2, -0.15) is 0 Å². The number of anilines is 1. The number of hydrogen-bond acceptors (Lipinski definition) is 6. The predicted octanol–water partition coefficient (Wildman–Crippen LogP) is 4.24. The van der Waals surface area contributed by atoms with E-state index in [1.165, 1.54) is 6.26 Å². The monoisotopic (exact) mass is 459 g/mol. The molecule has 3 rings (SSSR count). The van der Waals surface area contributed by atoms with Gasteiger partial charge in [-0.1, -0.05) is 12.1 Å². The topological polar surface area (TPSA) is 79.8 Å². The number of benzene rings is 1. The van der Waals surface area contributed by atoms with Crippen molar-refractivity contribution in [2.45, 2.75) is 44.1 Å². The van der Waals surface area contributed by atoms with E-state index in [0.29, 0.717) is 23.9 Å². The van der Waals surface area contributed by atoms with Crippen LogP contribution in [0.15, 0.2) is 47.5 Å². The highest BCUT2D eigenvalue weighted by Crippen LogP contribution is 2.25. The van der Waals surface area contributed by atoms with Crippen LogP contribution in [0.25, 0.3) is 11.1 Å². The van der Waals surface area contributed by atoms with Crippen LogP contribution >= 0.6 is 0 Å². The van der Waals surface area contributed by atoms with Crippen LogP contribution in [0.2, 0.25) is 0 Å². The molecule has 1 aromatic carbocycles. The summed E-state index contributed by atoms with van der Waals surface area (Å²) in [6, 6.07) is 10.8. The lowest BCUT2D eigenvalue weighted by atomic mass is 9.96. The number of sulfone groups is 1. The summed E-state index contributed by atoms with van der Waals surface area (Å²) in [4.78, 5) is 21.1. The number of pyridine rings is 1. The van der Waals surface area contributed by atoms with Crippen molar-refractivity contribution in [1.82, 2.24) is 9.88 Å². The Morgan fingerprint density at radius 3 is 2.19 bits per heavy atom. The van der Waals surface area contributed by atoms with Crippen molar-refractivity contribution in [2.75, 3.05) is 37.8 Å². The number of likely N-dealkylation sites (tertiary alicyclic amines) is 1. The van der Waals surface area contributed by atoms with Gasteiger partial charge in [-0.05, 0) is 69.4 Å². The largest absolute Gasteiger partial charge is 0.444 e. The molecule has 32 heavy (non-hydrogen) atoms. The smallest absolute Gasteiger partial charge is 0.410 e. The molecule has 0 unspecified atom stereocenters. The third kappa shape index (κ3) is 6.45. The molecule has 0 N–H and O–H groups in total. The van der Waals surface area contributed by atoms with Gasteiger partial charge in [-0.15, -0.1) is 0 Å². The van der Waals surface area contributed by atoms with Gasteiger partial charge in [0.15, 0.2) is 9.84 Å². The summed E-state index contributed by atoms with van der Waals surface area (Å²) in [6.07, 6.45) is 4.66. The first-order valence-corrected chi connectivity index (χ1v) is 12.8. The van der Waals surface area contributed by atoms with E-state index in [9.17, 15) is 13.2 Å².